The van der Waals surface area contributed by atoms with Gasteiger partial charge < -0.3 is 9.64 Å². The smallest absolute Gasteiger partial charge is 0.254 e. The highest BCUT2D eigenvalue weighted by atomic mass is 19.1. The molecule has 1 aliphatic heterocycles. The van der Waals surface area contributed by atoms with Gasteiger partial charge >= 0.3 is 0 Å². The molecule has 1 aromatic rings. The number of methoxy groups -OCH3 is 1. The van der Waals surface area contributed by atoms with Crippen LogP contribution in [-0.4, -0.2) is 42.2 Å². The summed E-state index contributed by atoms with van der Waals surface area (Å²) >= 11 is 0. The third-order valence-electron chi connectivity index (χ3n) is 2.84. The third kappa shape index (κ3) is 2.72. The Morgan fingerprint density at radius 3 is 3.18 bits per heavy atom. The van der Waals surface area contributed by atoms with E-state index in [1.54, 1.807) is 17.0 Å². The van der Waals surface area contributed by atoms with Gasteiger partial charge in [0, 0.05) is 24.4 Å². The molecule has 1 unspecified atom stereocenters. The van der Waals surface area contributed by atoms with Gasteiger partial charge in [-0.1, -0.05) is 0 Å². The Balaban J connectivity index is 2.12. The van der Waals surface area contributed by atoms with Crippen LogP contribution >= 0.6 is 0 Å². The number of ether oxygens (including phenoxy) is 1. The number of nitrogens with zero attached hydrogens (tertiary/aromatic N) is 2. The predicted octanol–water partition coefficient (Wildman–Crippen LogP) is 1.66. The average molecular weight is 238 g/mol. The molecule has 92 valence electrons. The number of amides is 1. The number of alkyl halides is 1. The molecule has 2 heterocycles. The molecule has 0 aliphatic carbocycles. The Morgan fingerprint density at radius 2 is 2.47 bits per heavy atom. The Hall–Kier alpha value is -1.65. The van der Waals surface area contributed by atoms with Gasteiger partial charge in [0.1, 0.15) is 6.17 Å². The molecule has 0 spiro atoms. The van der Waals surface area contributed by atoms with Crippen LogP contribution < -0.4 is 4.74 Å². The molecule has 1 aromatic heterocycles. The molecular weight excluding hydrogens is 223 g/mol. The van der Waals surface area contributed by atoms with E-state index in [4.69, 9.17) is 4.74 Å². The van der Waals surface area contributed by atoms with Crippen molar-refractivity contribution in [3.8, 4) is 5.88 Å². The lowest BCUT2D eigenvalue weighted by atomic mass is 10.1. The van der Waals surface area contributed by atoms with Crippen LogP contribution in [0.25, 0.3) is 0 Å². The van der Waals surface area contributed by atoms with Crippen LogP contribution in [0.5, 0.6) is 5.88 Å². The molecule has 0 saturated carbocycles. The van der Waals surface area contributed by atoms with E-state index in [-0.39, 0.29) is 12.5 Å². The molecule has 4 nitrogen and oxygen atoms in total. The van der Waals surface area contributed by atoms with E-state index in [0.29, 0.717) is 24.4 Å². The van der Waals surface area contributed by atoms with Crippen molar-refractivity contribution in [1.82, 2.24) is 9.88 Å². The molecule has 0 aromatic carbocycles. The van der Waals surface area contributed by atoms with Crippen LogP contribution in [-0.2, 0) is 0 Å². The Kier molecular flexibility index (Phi) is 3.56. The third-order valence-corrected chi connectivity index (χ3v) is 2.84. The van der Waals surface area contributed by atoms with E-state index in [0.717, 1.165) is 6.42 Å². The first-order chi connectivity index (χ1) is 8.20. The van der Waals surface area contributed by atoms with Crippen molar-refractivity contribution in [1.29, 1.82) is 0 Å². The molecule has 1 saturated heterocycles. The summed E-state index contributed by atoms with van der Waals surface area (Å²) in [5, 5.41) is 0. The number of carbonyl (C=O) groups is 1. The largest absolute Gasteiger partial charge is 0.481 e. The molecule has 17 heavy (non-hydrogen) atoms. The van der Waals surface area contributed by atoms with Crippen LogP contribution in [0, 0.1) is 0 Å². The highest BCUT2D eigenvalue weighted by Crippen LogP contribution is 2.17. The van der Waals surface area contributed by atoms with Crippen LogP contribution in [0.4, 0.5) is 4.39 Å². The fourth-order valence-corrected chi connectivity index (χ4v) is 1.95. The van der Waals surface area contributed by atoms with Gasteiger partial charge in [0.25, 0.3) is 5.91 Å². The summed E-state index contributed by atoms with van der Waals surface area (Å²) < 4.78 is 18.2. The zero-order chi connectivity index (χ0) is 12.3. The van der Waals surface area contributed by atoms with Crippen molar-refractivity contribution in [2.45, 2.75) is 19.0 Å². The summed E-state index contributed by atoms with van der Waals surface area (Å²) in [6.07, 6.45) is 1.87. The summed E-state index contributed by atoms with van der Waals surface area (Å²) in [5.74, 6) is 0.234. The van der Waals surface area contributed by atoms with E-state index < -0.39 is 6.17 Å². The van der Waals surface area contributed by atoms with E-state index in [9.17, 15) is 9.18 Å². The Labute approximate surface area is 99.4 Å². The highest BCUT2D eigenvalue weighted by molar-refractivity contribution is 5.94. The van der Waals surface area contributed by atoms with Crippen molar-refractivity contribution < 1.29 is 13.9 Å². The zero-order valence-corrected chi connectivity index (χ0v) is 9.73. The summed E-state index contributed by atoms with van der Waals surface area (Å²) in [4.78, 5) is 17.6. The minimum absolute atomic E-state index is 0.159. The minimum Gasteiger partial charge on any atom is -0.481 e. The van der Waals surface area contributed by atoms with Gasteiger partial charge in [-0.3, -0.25) is 4.79 Å². The summed E-state index contributed by atoms with van der Waals surface area (Å²) in [5.41, 5.74) is 0.492. The molecule has 2 rings (SSSR count). The van der Waals surface area contributed by atoms with E-state index in [1.807, 2.05) is 0 Å². The van der Waals surface area contributed by atoms with E-state index in [2.05, 4.69) is 4.98 Å². The van der Waals surface area contributed by atoms with Gasteiger partial charge in [0.2, 0.25) is 5.88 Å². The maximum atomic E-state index is 13.2. The molecule has 5 heteroatoms. The van der Waals surface area contributed by atoms with Crippen LogP contribution in [0.2, 0.25) is 0 Å². The predicted molar refractivity (Wildman–Crippen MR) is 60.8 cm³/mol. The maximum Gasteiger partial charge on any atom is 0.254 e. The fraction of sp³-hybridized carbons (Fsp3) is 0.500. The molecular formula is C12H15FN2O2. The quantitative estimate of drug-likeness (QED) is 0.787. The van der Waals surface area contributed by atoms with Gasteiger partial charge in [0.15, 0.2) is 0 Å². The number of halogens is 1. The maximum absolute atomic E-state index is 13.2. The molecule has 1 aliphatic rings. The van der Waals surface area contributed by atoms with Crippen LogP contribution in [0.15, 0.2) is 18.3 Å². The summed E-state index contributed by atoms with van der Waals surface area (Å²) in [6, 6.07) is 3.19. The number of aromatic nitrogens is 1. The van der Waals surface area contributed by atoms with Gasteiger partial charge in [-0.15, -0.1) is 0 Å². The first-order valence-corrected chi connectivity index (χ1v) is 5.64. The van der Waals surface area contributed by atoms with Crippen LogP contribution in [0.3, 0.4) is 0 Å². The second-order valence-electron chi connectivity index (χ2n) is 4.08. The van der Waals surface area contributed by atoms with Crippen molar-refractivity contribution in [2.24, 2.45) is 0 Å². The van der Waals surface area contributed by atoms with E-state index >= 15 is 0 Å². The molecule has 1 amide bonds. The highest BCUT2D eigenvalue weighted by Gasteiger charge is 2.24. The van der Waals surface area contributed by atoms with Gasteiger partial charge in [-0.2, -0.15) is 0 Å². The van der Waals surface area contributed by atoms with Crippen molar-refractivity contribution in [3.05, 3.63) is 23.9 Å². The number of hydrogen-bond donors (Lipinski definition) is 0. The number of hydrogen-bond acceptors (Lipinski definition) is 3. The monoisotopic (exact) mass is 238 g/mol. The lowest BCUT2D eigenvalue weighted by Gasteiger charge is -2.29. The van der Waals surface area contributed by atoms with Crippen molar-refractivity contribution in [2.75, 3.05) is 20.2 Å². The molecule has 0 bridgehead atoms. The average Bonchev–Trinajstić information content (AvgIpc) is 2.38. The number of rotatable bonds is 2. The number of likely N-dealkylation sites (tertiary alicyclic amines) is 1. The second kappa shape index (κ2) is 5.12. The van der Waals surface area contributed by atoms with Gasteiger partial charge in [-0.25, -0.2) is 9.37 Å². The lowest BCUT2D eigenvalue weighted by molar-refractivity contribution is 0.0635. The Bertz CT molecular complexity index is 411. The van der Waals surface area contributed by atoms with Crippen molar-refractivity contribution in [3.63, 3.8) is 0 Å². The Morgan fingerprint density at radius 1 is 1.65 bits per heavy atom. The molecule has 0 radical (unpaired) electrons. The normalized spacial score (nSPS) is 20.1. The SMILES string of the molecule is COc1cc(C(=O)N2CCCC(F)C2)ccn1. The molecule has 1 atom stereocenters. The topological polar surface area (TPSA) is 42.4 Å². The lowest BCUT2D eigenvalue weighted by Crippen LogP contribution is -2.40. The van der Waals surface area contributed by atoms with Crippen molar-refractivity contribution >= 4 is 5.91 Å². The molecule has 0 N–H and O–H groups in total. The first kappa shape index (κ1) is 11.8. The second-order valence-corrected chi connectivity index (χ2v) is 4.08. The van der Waals surface area contributed by atoms with Crippen LogP contribution in [0.1, 0.15) is 23.2 Å². The van der Waals surface area contributed by atoms with E-state index in [1.165, 1.54) is 13.3 Å². The van der Waals surface area contributed by atoms with Gasteiger partial charge in [0.05, 0.1) is 13.7 Å². The first-order valence-electron chi connectivity index (χ1n) is 5.64. The summed E-state index contributed by atoms with van der Waals surface area (Å²) in [7, 11) is 1.50. The number of pyridine rings is 1. The fourth-order valence-electron chi connectivity index (χ4n) is 1.95. The zero-order valence-electron chi connectivity index (χ0n) is 9.73. The molecule has 1 fully saturated rings. The minimum atomic E-state index is -0.906. The summed E-state index contributed by atoms with van der Waals surface area (Å²) in [6.45, 7) is 0.799. The standard InChI is InChI=1S/C12H15FN2O2/c1-17-11-7-9(4-5-14-11)12(16)15-6-2-3-10(13)8-15/h4-5,7,10H,2-3,6,8H2,1H3. The number of carbonyl (C=O) groups excluding carboxylic acids is 1. The number of piperidine rings is 1. The van der Waals surface area contributed by atoms with Gasteiger partial charge in [-0.05, 0) is 18.9 Å².